The van der Waals surface area contributed by atoms with E-state index in [0.29, 0.717) is 12.5 Å². The fourth-order valence-corrected chi connectivity index (χ4v) is 3.99. The number of hydrogen-bond donors (Lipinski definition) is 1. The Bertz CT molecular complexity index is 623. The van der Waals surface area contributed by atoms with Gasteiger partial charge in [-0.2, -0.15) is 0 Å². The van der Waals surface area contributed by atoms with E-state index in [1.54, 1.807) is 0 Å². The first-order chi connectivity index (χ1) is 13.5. The van der Waals surface area contributed by atoms with Crippen LogP contribution in [0.1, 0.15) is 25.3 Å². The summed E-state index contributed by atoms with van der Waals surface area (Å²) in [6.45, 7) is 12.1. The number of likely N-dealkylation sites (tertiary alicyclic amines) is 1. The van der Waals surface area contributed by atoms with Crippen LogP contribution in [-0.4, -0.2) is 86.2 Å². The Labute approximate surface area is 169 Å². The smallest absolute Gasteiger partial charge is 0.317 e. The number of aryl methyl sites for hydroxylation is 1. The predicted molar refractivity (Wildman–Crippen MR) is 113 cm³/mol. The lowest BCUT2D eigenvalue weighted by Crippen LogP contribution is -2.50. The first-order valence-corrected chi connectivity index (χ1v) is 10.7. The van der Waals surface area contributed by atoms with Gasteiger partial charge in [0.1, 0.15) is 12.4 Å². The van der Waals surface area contributed by atoms with Crippen molar-refractivity contribution >= 4 is 6.03 Å². The third-order valence-electron chi connectivity index (χ3n) is 5.97. The fraction of sp³-hybridized carbons (Fsp3) is 0.682. The Balaban J connectivity index is 1.34. The second kappa shape index (κ2) is 10.1. The zero-order valence-corrected chi connectivity index (χ0v) is 17.7. The topological polar surface area (TPSA) is 48.1 Å². The first-order valence-electron chi connectivity index (χ1n) is 10.7. The highest BCUT2D eigenvalue weighted by Crippen LogP contribution is 2.20. The van der Waals surface area contributed by atoms with Crippen LogP contribution < -0.4 is 10.1 Å². The number of carbonyl (C=O) groups excluding carboxylic acids is 1. The van der Waals surface area contributed by atoms with E-state index in [4.69, 9.17) is 4.74 Å². The van der Waals surface area contributed by atoms with Gasteiger partial charge in [0.25, 0.3) is 0 Å². The molecule has 0 aromatic heterocycles. The molecule has 2 heterocycles. The van der Waals surface area contributed by atoms with Crippen molar-refractivity contribution in [2.45, 2.75) is 32.7 Å². The molecule has 1 aromatic rings. The third kappa shape index (κ3) is 6.11. The molecule has 156 valence electrons. The van der Waals surface area contributed by atoms with E-state index in [0.717, 1.165) is 37.2 Å². The molecular formula is C22H36N4O2. The average molecular weight is 389 g/mol. The molecule has 2 amide bonds. The highest BCUT2D eigenvalue weighted by Gasteiger charge is 2.26. The number of piperidine rings is 1. The number of carbonyl (C=O) groups is 1. The van der Waals surface area contributed by atoms with Crippen molar-refractivity contribution in [3.8, 4) is 5.75 Å². The predicted octanol–water partition coefficient (Wildman–Crippen LogP) is 2.43. The summed E-state index contributed by atoms with van der Waals surface area (Å²) in [7, 11) is 2.20. The molecule has 0 saturated carbocycles. The maximum atomic E-state index is 12.6. The zero-order chi connectivity index (χ0) is 19.9. The number of ether oxygens (including phenoxy) is 1. The van der Waals surface area contributed by atoms with E-state index in [1.807, 2.05) is 43.0 Å². The van der Waals surface area contributed by atoms with Crippen molar-refractivity contribution in [2.75, 3.05) is 59.5 Å². The summed E-state index contributed by atoms with van der Waals surface area (Å²) in [5, 5.41) is 3.09. The Kier molecular flexibility index (Phi) is 7.57. The maximum Gasteiger partial charge on any atom is 0.317 e. The minimum absolute atomic E-state index is 0.0184. The zero-order valence-electron chi connectivity index (χ0n) is 17.7. The van der Waals surface area contributed by atoms with Gasteiger partial charge < -0.3 is 24.8 Å². The lowest BCUT2D eigenvalue weighted by molar-refractivity contribution is 0.110. The summed E-state index contributed by atoms with van der Waals surface area (Å²) >= 11 is 0. The number of amides is 2. The molecular weight excluding hydrogens is 352 g/mol. The van der Waals surface area contributed by atoms with Crippen LogP contribution in [0.15, 0.2) is 24.3 Å². The number of piperazine rings is 1. The number of urea groups is 1. The van der Waals surface area contributed by atoms with Crippen LogP contribution in [0.25, 0.3) is 0 Å². The summed E-state index contributed by atoms with van der Waals surface area (Å²) in [6.07, 6.45) is 2.21. The van der Waals surface area contributed by atoms with Gasteiger partial charge in [0, 0.05) is 45.8 Å². The normalized spacial score (nSPS) is 20.8. The van der Waals surface area contributed by atoms with E-state index in [2.05, 4.69) is 22.2 Å². The monoisotopic (exact) mass is 388 g/mol. The molecule has 2 fully saturated rings. The van der Waals surface area contributed by atoms with Crippen molar-refractivity contribution in [3.63, 3.8) is 0 Å². The van der Waals surface area contributed by atoms with Crippen LogP contribution in [0.2, 0.25) is 0 Å². The van der Waals surface area contributed by atoms with E-state index in [9.17, 15) is 4.79 Å². The molecule has 2 saturated heterocycles. The minimum atomic E-state index is -0.0184. The largest absolute Gasteiger partial charge is 0.491 e. The van der Waals surface area contributed by atoms with Crippen molar-refractivity contribution in [1.82, 2.24) is 20.0 Å². The van der Waals surface area contributed by atoms with Gasteiger partial charge >= 0.3 is 6.03 Å². The number of nitrogens with zero attached hydrogens (tertiary/aromatic N) is 3. The van der Waals surface area contributed by atoms with Crippen molar-refractivity contribution in [3.05, 3.63) is 29.8 Å². The molecule has 2 aliphatic rings. The van der Waals surface area contributed by atoms with Gasteiger partial charge in [0.2, 0.25) is 0 Å². The molecule has 3 rings (SSSR count). The van der Waals surface area contributed by atoms with Crippen LogP contribution in [0.3, 0.4) is 0 Å². The standard InChI is InChI=1S/C22H36N4O2/c1-18-6-4-5-7-21(18)28-17-19(2)23-22(27)26-10-8-20(9-11-26)16-25-14-12-24(3)13-15-25/h4-7,19-20H,8-17H2,1-3H3,(H,23,27)/t19-/m0/s1. The van der Waals surface area contributed by atoms with Gasteiger partial charge in [-0.3, -0.25) is 0 Å². The van der Waals surface area contributed by atoms with Gasteiger partial charge in [-0.05, 0) is 51.3 Å². The van der Waals surface area contributed by atoms with E-state index < -0.39 is 0 Å². The number of nitrogens with one attached hydrogen (secondary N) is 1. The van der Waals surface area contributed by atoms with Gasteiger partial charge in [-0.25, -0.2) is 4.79 Å². The molecule has 0 unspecified atom stereocenters. The molecule has 1 N–H and O–H groups in total. The Morgan fingerprint density at radius 3 is 2.50 bits per heavy atom. The highest BCUT2D eigenvalue weighted by atomic mass is 16.5. The van der Waals surface area contributed by atoms with Crippen molar-refractivity contribution < 1.29 is 9.53 Å². The van der Waals surface area contributed by atoms with E-state index in [1.165, 1.54) is 32.7 Å². The molecule has 1 aromatic carbocycles. The quantitative estimate of drug-likeness (QED) is 0.813. The van der Waals surface area contributed by atoms with Gasteiger partial charge in [-0.15, -0.1) is 0 Å². The van der Waals surface area contributed by atoms with Gasteiger partial charge in [-0.1, -0.05) is 18.2 Å². The Morgan fingerprint density at radius 2 is 1.82 bits per heavy atom. The number of para-hydroxylation sites is 1. The van der Waals surface area contributed by atoms with E-state index in [-0.39, 0.29) is 12.1 Å². The lowest BCUT2D eigenvalue weighted by Gasteiger charge is -2.38. The number of hydrogen-bond acceptors (Lipinski definition) is 4. The third-order valence-corrected chi connectivity index (χ3v) is 5.97. The molecule has 0 spiro atoms. The summed E-state index contributed by atoms with van der Waals surface area (Å²) in [5.41, 5.74) is 1.11. The summed E-state index contributed by atoms with van der Waals surface area (Å²) in [5.74, 6) is 1.60. The second-order valence-electron chi connectivity index (χ2n) is 8.46. The first kappa shape index (κ1) is 20.9. The molecule has 0 bridgehead atoms. The molecule has 0 aliphatic carbocycles. The molecule has 28 heavy (non-hydrogen) atoms. The Morgan fingerprint density at radius 1 is 1.14 bits per heavy atom. The number of benzene rings is 1. The average Bonchev–Trinajstić information content (AvgIpc) is 2.69. The maximum absolute atomic E-state index is 12.6. The lowest BCUT2D eigenvalue weighted by atomic mass is 9.96. The minimum Gasteiger partial charge on any atom is -0.491 e. The SMILES string of the molecule is Cc1ccccc1OC[C@H](C)NC(=O)N1CCC(CN2CCN(C)CC2)CC1. The fourth-order valence-electron chi connectivity index (χ4n) is 3.99. The van der Waals surface area contributed by atoms with Gasteiger partial charge in [0.15, 0.2) is 0 Å². The van der Waals surface area contributed by atoms with Crippen LogP contribution in [0.4, 0.5) is 4.79 Å². The second-order valence-corrected chi connectivity index (χ2v) is 8.46. The molecule has 6 nitrogen and oxygen atoms in total. The molecule has 2 aliphatic heterocycles. The van der Waals surface area contributed by atoms with Crippen LogP contribution in [0.5, 0.6) is 5.75 Å². The van der Waals surface area contributed by atoms with Crippen LogP contribution in [-0.2, 0) is 0 Å². The Hall–Kier alpha value is -1.79. The summed E-state index contributed by atoms with van der Waals surface area (Å²) < 4.78 is 5.85. The number of likely N-dealkylation sites (N-methyl/N-ethyl adjacent to an activating group) is 1. The summed E-state index contributed by atoms with van der Waals surface area (Å²) in [4.78, 5) is 19.5. The van der Waals surface area contributed by atoms with Crippen LogP contribution in [0, 0.1) is 12.8 Å². The van der Waals surface area contributed by atoms with Crippen LogP contribution >= 0.6 is 0 Å². The summed E-state index contributed by atoms with van der Waals surface area (Å²) in [6, 6.07) is 7.99. The van der Waals surface area contributed by atoms with E-state index >= 15 is 0 Å². The van der Waals surface area contributed by atoms with Crippen molar-refractivity contribution in [1.29, 1.82) is 0 Å². The highest BCUT2D eigenvalue weighted by molar-refractivity contribution is 5.74. The van der Waals surface area contributed by atoms with Gasteiger partial charge in [0.05, 0.1) is 6.04 Å². The molecule has 0 radical (unpaired) electrons. The van der Waals surface area contributed by atoms with Crippen molar-refractivity contribution in [2.24, 2.45) is 5.92 Å². The number of rotatable bonds is 6. The molecule has 6 heteroatoms. The molecule has 1 atom stereocenters.